The molecule has 112 valence electrons. The number of carbonyl (C=O) groups is 1. The molecule has 20 heavy (non-hydrogen) atoms. The highest BCUT2D eigenvalue weighted by molar-refractivity contribution is 5.85. The first-order valence-corrected chi connectivity index (χ1v) is 6.81. The standard InChI is InChI=1S/C15H21FN2O.ClH/c1-18(10-11-5-7-13(16)8-6-11)15(19)14-4-2-3-12(14)9-17;/h5-8,12,14H,2-4,9-10,17H2,1H3;1H/t12-,14-;/m1./s1. The summed E-state index contributed by atoms with van der Waals surface area (Å²) in [6.07, 6.45) is 3.08. The van der Waals surface area contributed by atoms with Gasteiger partial charge in [0.2, 0.25) is 5.91 Å². The summed E-state index contributed by atoms with van der Waals surface area (Å²) in [6, 6.07) is 6.28. The molecule has 1 aromatic rings. The molecule has 0 spiro atoms. The molecule has 2 rings (SSSR count). The first-order chi connectivity index (χ1) is 9.11. The SMILES string of the molecule is CN(Cc1ccc(F)cc1)C(=O)[C@@H]1CCC[C@@H]1CN.Cl. The van der Waals surface area contributed by atoms with Gasteiger partial charge < -0.3 is 10.6 Å². The van der Waals surface area contributed by atoms with Crippen LogP contribution in [0.25, 0.3) is 0 Å². The number of hydrogen-bond donors (Lipinski definition) is 1. The van der Waals surface area contributed by atoms with E-state index < -0.39 is 0 Å². The lowest BCUT2D eigenvalue weighted by Gasteiger charge is -2.24. The third-order valence-corrected chi connectivity index (χ3v) is 3.99. The summed E-state index contributed by atoms with van der Waals surface area (Å²) >= 11 is 0. The topological polar surface area (TPSA) is 46.3 Å². The minimum absolute atomic E-state index is 0. The maximum atomic E-state index is 12.8. The summed E-state index contributed by atoms with van der Waals surface area (Å²) in [5.74, 6) is 0.299. The van der Waals surface area contributed by atoms with E-state index in [0.717, 1.165) is 24.8 Å². The lowest BCUT2D eigenvalue weighted by Crippen LogP contribution is -2.36. The second-order valence-corrected chi connectivity index (χ2v) is 5.35. The largest absolute Gasteiger partial charge is 0.341 e. The molecule has 0 saturated heterocycles. The zero-order chi connectivity index (χ0) is 13.8. The van der Waals surface area contributed by atoms with Crippen molar-refractivity contribution in [1.29, 1.82) is 0 Å². The van der Waals surface area contributed by atoms with Crippen LogP contribution in [0.3, 0.4) is 0 Å². The van der Waals surface area contributed by atoms with Crippen molar-refractivity contribution in [2.24, 2.45) is 17.6 Å². The highest BCUT2D eigenvalue weighted by atomic mass is 35.5. The Hall–Kier alpha value is -1.13. The minimum Gasteiger partial charge on any atom is -0.341 e. The van der Waals surface area contributed by atoms with Crippen LogP contribution in [0.4, 0.5) is 4.39 Å². The van der Waals surface area contributed by atoms with Crippen molar-refractivity contribution in [3.63, 3.8) is 0 Å². The van der Waals surface area contributed by atoms with Crippen LogP contribution < -0.4 is 5.73 Å². The maximum Gasteiger partial charge on any atom is 0.226 e. The average Bonchev–Trinajstić information content (AvgIpc) is 2.88. The molecule has 2 N–H and O–H groups in total. The number of carbonyl (C=O) groups excluding carboxylic acids is 1. The highest BCUT2D eigenvalue weighted by Gasteiger charge is 2.33. The van der Waals surface area contributed by atoms with Crippen LogP contribution in [0.5, 0.6) is 0 Å². The average molecular weight is 301 g/mol. The molecule has 0 aliphatic heterocycles. The predicted molar refractivity (Wildman–Crippen MR) is 80.0 cm³/mol. The van der Waals surface area contributed by atoms with Gasteiger partial charge in [-0.3, -0.25) is 4.79 Å². The predicted octanol–water partition coefficient (Wildman–Crippen LogP) is 2.58. The summed E-state index contributed by atoms with van der Waals surface area (Å²) < 4.78 is 12.8. The van der Waals surface area contributed by atoms with Crippen molar-refractivity contribution in [2.75, 3.05) is 13.6 Å². The first kappa shape index (κ1) is 16.9. The fourth-order valence-corrected chi connectivity index (χ4v) is 2.87. The monoisotopic (exact) mass is 300 g/mol. The Kier molecular flexibility index (Phi) is 6.43. The number of benzene rings is 1. The van der Waals surface area contributed by atoms with Crippen LogP contribution in [-0.2, 0) is 11.3 Å². The van der Waals surface area contributed by atoms with Gasteiger partial charge in [0, 0.05) is 19.5 Å². The Labute approximate surface area is 125 Å². The zero-order valence-electron chi connectivity index (χ0n) is 11.7. The van der Waals surface area contributed by atoms with Crippen molar-refractivity contribution in [2.45, 2.75) is 25.8 Å². The Morgan fingerprint density at radius 2 is 2.00 bits per heavy atom. The number of rotatable bonds is 4. The number of nitrogens with zero attached hydrogens (tertiary/aromatic N) is 1. The van der Waals surface area contributed by atoms with Gasteiger partial charge in [0.25, 0.3) is 0 Å². The maximum absolute atomic E-state index is 12.8. The Balaban J connectivity index is 0.00000200. The zero-order valence-corrected chi connectivity index (χ0v) is 12.5. The normalized spacial score (nSPS) is 21.4. The molecule has 1 aliphatic rings. The molecule has 2 atom stereocenters. The molecule has 0 aromatic heterocycles. The molecule has 0 unspecified atom stereocenters. The fourth-order valence-electron chi connectivity index (χ4n) is 2.87. The lowest BCUT2D eigenvalue weighted by atomic mass is 9.95. The molecular weight excluding hydrogens is 279 g/mol. The van der Waals surface area contributed by atoms with Crippen molar-refractivity contribution in [3.05, 3.63) is 35.6 Å². The molecule has 1 aliphatic carbocycles. The number of nitrogens with two attached hydrogens (primary N) is 1. The van der Waals surface area contributed by atoms with Crippen molar-refractivity contribution in [3.8, 4) is 0 Å². The third kappa shape index (κ3) is 3.93. The summed E-state index contributed by atoms with van der Waals surface area (Å²) in [6.45, 7) is 1.10. The van der Waals surface area contributed by atoms with Crippen LogP contribution in [0.1, 0.15) is 24.8 Å². The molecule has 0 radical (unpaired) electrons. The van der Waals surface area contributed by atoms with Gasteiger partial charge in [-0.2, -0.15) is 0 Å². The Morgan fingerprint density at radius 3 is 2.60 bits per heavy atom. The van der Waals surface area contributed by atoms with Gasteiger partial charge in [-0.1, -0.05) is 18.6 Å². The van der Waals surface area contributed by atoms with E-state index in [1.165, 1.54) is 12.1 Å². The van der Waals surface area contributed by atoms with Crippen molar-refractivity contribution in [1.82, 2.24) is 4.90 Å². The van der Waals surface area contributed by atoms with Crippen LogP contribution >= 0.6 is 12.4 Å². The van der Waals surface area contributed by atoms with Crippen molar-refractivity contribution < 1.29 is 9.18 Å². The lowest BCUT2D eigenvalue weighted by molar-refractivity contribution is -0.135. The Bertz CT molecular complexity index is 438. The van der Waals surface area contributed by atoms with Crippen LogP contribution in [0.2, 0.25) is 0 Å². The van der Waals surface area contributed by atoms with Gasteiger partial charge in [0.15, 0.2) is 0 Å². The van der Waals surface area contributed by atoms with E-state index in [0.29, 0.717) is 19.0 Å². The van der Waals surface area contributed by atoms with Crippen LogP contribution in [0.15, 0.2) is 24.3 Å². The number of halogens is 2. The fraction of sp³-hybridized carbons (Fsp3) is 0.533. The van der Waals surface area contributed by atoms with Gasteiger partial charge in [-0.05, 0) is 43.0 Å². The van der Waals surface area contributed by atoms with Crippen molar-refractivity contribution >= 4 is 18.3 Å². The van der Waals surface area contributed by atoms with Gasteiger partial charge in [0.1, 0.15) is 5.82 Å². The first-order valence-electron chi connectivity index (χ1n) is 6.81. The Morgan fingerprint density at radius 1 is 1.35 bits per heavy atom. The van der Waals surface area contributed by atoms with E-state index in [4.69, 9.17) is 5.73 Å². The second-order valence-electron chi connectivity index (χ2n) is 5.35. The number of amides is 1. The molecule has 0 bridgehead atoms. The molecule has 0 heterocycles. The minimum atomic E-state index is -0.253. The van der Waals surface area contributed by atoms with E-state index in [9.17, 15) is 9.18 Å². The summed E-state index contributed by atoms with van der Waals surface area (Å²) in [5.41, 5.74) is 6.66. The van der Waals surface area contributed by atoms with Crippen LogP contribution in [0, 0.1) is 17.7 Å². The summed E-state index contributed by atoms with van der Waals surface area (Å²) in [4.78, 5) is 14.1. The molecule has 5 heteroatoms. The van der Waals surface area contributed by atoms with Crippen LogP contribution in [-0.4, -0.2) is 24.4 Å². The second kappa shape index (κ2) is 7.60. The molecule has 3 nitrogen and oxygen atoms in total. The van der Waals surface area contributed by atoms with E-state index in [-0.39, 0.29) is 30.0 Å². The van der Waals surface area contributed by atoms with E-state index in [2.05, 4.69) is 0 Å². The highest BCUT2D eigenvalue weighted by Crippen LogP contribution is 2.32. The van der Waals surface area contributed by atoms with Gasteiger partial charge in [-0.15, -0.1) is 12.4 Å². The van der Waals surface area contributed by atoms with Gasteiger partial charge in [-0.25, -0.2) is 4.39 Å². The molecule has 1 aromatic carbocycles. The molecule has 1 saturated carbocycles. The molecule has 1 fully saturated rings. The quantitative estimate of drug-likeness (QED) is 0.929. The molecule has 1 amide bonds. The van der Waals surface area contributed by atoms with Gasteiger partial charge in [0.05, 0.1) is 0 Å². The van der Waals surface area contributed by atoms with E-state index >= 15 is 0 Å². The summed E-state index contributed by atoms with van der Waals surface area (Å²) in [7, 11) is 1.80. The van der Waals surface area contributed by atoms with E-state index in [1.54, 1.807) is 24.1 Å². The van der Waals surface area contributed by atoms with Gasteiger partial charge >= 0.3 is 0 Å². The smallest absolute Gasteiger partial charge is 0.226 e. The third-order valence-electron chi connectivity index (χ3n) is 3.99. The number of hydrogen-bond acceptors (Lipinski definition) is 2. The molecular formula is C15H22ClFN2O. The van der Waals surface area contributed by atoms with E-state index in [1.807, 2.05) is 0 Å². The summed E-state index contributed by atoms with van der Waals surface area (Å²) in [5, 5.41) is 0.